The lowest BCUT2D eigenvalue weighted by Crippen LogP contribution is -2.15. The molecule has 0 aliphatic carbocycles. The summed E-state index contributed by atoms with van der Waals surface area (Å²) in [6.45, 7) is 1.12. The van der Waals surface area contributed by atoms with Crippen molar-refractivity contribution in [1.82, 2.24) is 20.2 Å². The Morgan fingerprint density at radius 3 is 2.88 bits per heavy atom. The first-order valence-electron chi connectivity index (χ1n) is 8.17. The quantitative estimate of drug-likeness (QED) is 0.437. The number of aromatic amines is 1. The lowest BCUT2D eigenvalue weighted by molar-refractivity contribution is 0.171. The van der Waals surface area contributed by atoms with Crippen LogP contribution in [0.4, 0.5) is 5.95 Å². The minimum Gasteiger partial charge on any atom is -0.486 e. The Balaban J connectivity index is 1.37. The van der Waals surface area contributed by atoms with Crippen molar-refractivity contribution < 1.29 is 9.47 Å². The molecule has 5 rings (SSSR count). The molecule has 0 radical (unpaired) electrons. The average molecular weight is 346 g/mol. The van der Waals surface area contributed by atoms with E-state index in [1.807, 2.05) is 42.5 Å². The number of ether oxygens (including phenoxy) is 2. The maximum Gasteiger partial charge on any atom is 0.265 e. The van der Waals surface area contributed by atoms with E-state index in [1.165, 1.54) is 0 Å². The SMILES string of the molecule is C(=N\Nc1nnc2c(n1)[nH]c1ccccc12)/c1ccc2c(c1)OCCO2. The van der Waals surface area contributed by atoms with Gasteiger partial charge in [-0.2, -0.15) is 10.1 Å². The highest BCUT2D eigenvalue weighted by Gasteiger charge is 2.11. The van der Waals surface area contributed by atoms with E-state index in [-0.39, 0.29) is 0 Å². The molecule has 8 heteroatoms. The third kappa shape index (κ3) is 2.57. The summed E-state index contributed by atoms with van der Waals surface area (Å²) < 4.78 is 11.1. The molecule has 4 aromatic rings. The van der Waals surface area contributed by atoms with Gasteiger partial charge in [-0.3, -0.25) is 0 Å². The van der Waals surface area contributed by atoms with Crippen LogP contribution < -0.4 is 14.9 Å². The third-order valence-corrected chi connectivity index (χ3v) is 4.07. The Hall–Kier alpha value is -3.68. The fraction of sp³-hybridized carbons (Fsp3) is 0.111. The number of H-pyrrole nitrogens is 1. The van der Waals surface area contributed by atoms with Gasteiger partial charge in [-0.15, -0.1) is 10.2 Å². The van der Waals surface area contributed by atoms with Crippen molar-refractivity contribution in [2.24, 2.45) is 5.10 Å². The van der Waals surface area contributed by atoms with Gasteiger partial charge < -0.3 is 14.5 Å². The van der Waals surface area contributed by atoms with Crippen molar-refractivity contribution in [1.29, 1.82) is 0 Å². The van der Waals surface area contributed by atoms with Gasteiger partial charge in [0.25, 0.3) is 5.95 Å². The summed E-state index contributed by atoms with van der Waals surface area (Å²) in [5, 5.41) is 13.5. The van der Waals surface area contributed by atoms with Crippen LogP contribution in [-0.2, 0) is 0 Å². The first-order valence-corrected chi connectivity index (χ1v) is 8.17. The predicted molar refractivity (Wildman–Crippen MR) is 97.8 cm³/mol. The topological polar surface area (TPSA) is 97.3 Å². The van der Waals surface area contributed by atoms with E-state index in [0.717, 1.165) is 33.5 Å². The normalized spacial score (nSPS) is 13.5. The third-order valence-electron chi connectivity index (χ3n) is 4.07. The van der Waals surface area contributed by atoms with Gasteiger partial charge in [0.2, 0.25) is 0 Å². The van der Waals surface area contributed by atoms with Crippen molar-refractivity contribution in [2.75, 3.05) is 18.6 Å². The number of para-hydroxylation sites is 1. The lowest BCUT2D eigenvalue weighted by Gasteiger charge is -2.18. The number of nitrogens with zero attached hydrogens (tertiary/aromatic N) is 4. The number of benzene rings is 2. The van der Waals surface area contributed by atoms with Crippen LogP contribution in [0.25, 0.3) is 22.1 Å². The number of anilines is 1. The molecule has 128 valence electrons. The molecule has 0 unspecified atom stereocenters. The molecule has 0 saturated carbocycles. The van der Waals surface area contributed by atoms with Gasteiger partial charge in [-0.25, -0.2) is 5.43 Å². The van der Waals surface area contributed by atoms with E-state index in [9.17, 15) is 0 Å². The fourth-order valence-electron chi connectivity index (χ4n) is 2.87. The monoisotopic (exact) mass is 346 g/mol. The van der Waals surface area contributed by atoms with Gasteiger partial charge in [0.15, 0.2) is 17.1 Å². The molecule has 8 nitrogen and oxygen atoms in total. The van der Waals surface area contributed by atoms with Gasteiger partial charge in [-0.1, -0.05) is 18.2 Å². The molecule has 26 heavy (non-hydrogen) atoms. The lowest BCUT2D eigenvalue weighted by atomic mass is 10.2. The number of hydrogen-bond donors (Lipinski definition) is 2. The number of hydrazone groups is 1. The molecule has 2 aromatic heterocycles. The number of aromatic nitrogens is 4. The van der Waals surface area contributed by atoms with Gasteiger partial charge >= 0.3 is 0 Å². The molecule has 0 amide bonds. The summed E-state index contributed by atoms with van der Waals surface area (Å²) in [5.41, 5.74) is 6.05. The molecule has 1 aliphatic heterocycles. The molecule has 0 bridgehead atoms. The Labute approximate surface area is 147 Å². The highest BCUT2D eigenvalue weighted by Crippen LogP contribution is 2.30. The zero-order valence-electron chi connectivity index (χ0n) is 13.6. The Bertz CT molecular complexity index is 1140. The Kier molecular flexibility index (Phi) is 3.38. The van der Waals surface area contributed by atoms with Crippen LogP contribution in [0.3, 0.4) is 0 Å². The number of hydrogen-bond acceptors (Lipinski definition) is 7. The summed E-state index contributed by atoms with van der Waals surface area (Å²) in [7, 11) is 0. The molecular formula is C18H14N6O2. The number of fused-ring (bicyclic) bond motifs is 4. The molecule has 2 aromatic carbocycles. The van der Waals surface area contributed by atoms with Crippen LogP contribution in [-0.4, -0.2) is 39.6 Å². The van der Waals surface area contributed by atoms with Crippen LogP contribution in [0.5, 0.6) is 11.5 Å². The highest BCUT2D eigenvalue weighted by molar-refractivity contribution is 6.03. The fourth-order valence-corrected chi connectivity index (χ4v) is 2.87. The van der Waals surface area contributed by atoms with Gasteiger partial charge in [0.1, 0.15) is 18.7 Å². The Morgan fingerprint density at radius 1 is 1.04 bits per heavy atom. The van der Waals surface area contributed by atoms with E-state index in [2.05, 4.69) is 30.7 Å². The van der Waals surface area contributed by atoms with E-state index in [1.54, 1.807) is 6.21 Å². The van der Waals surface area contributed by atoms with Crippen LogP contribution in [0, 0.1) is 0 Å². The van der Waals surface area contributed by atoms with E-state index >= 15 is 0 Å². The van der Waals surface area contributed by atoms with Crippen LogP contribution in [0.1, 0.15) is 5.56 Å². The maximum absolute atomic E-state index is 5.56. The molecule has 0 spiro atoms. The zero-order chi connectivity index (χ0) is 17.3. The zero-order valence-corrected chi connectivity index (χ0v) is 13.6. The Morgan fingerprint density at radius 2 is 1.92 bits per heavy atom. The summed E-state index contributed by atoms with van der Waals surface area (Å²) in [6, 6.07) is 13.5. The van der Waals surface area contributed by atoms with Gasteiger partial charge in [0.05, 0.1) is 6.21 Å². The molecule has 2 N–H and O–H groups in total. The smallest absolute Gasteiger partial charge is 0.265 e. The van der Waals surface area contributed by atoms with Crippen LogP contribution in [0.2, 0.25) is 0 Å². The van der Waals surface area contributed by atoms with Crippen molar-refractivity contribution in [3.8, 4) is 11.5 Å². The van der Waals surface area contributed by atoms with Crippen molar-refractivity contribution in [2.45, 2.75) is 0 Å². The minimum absolute atomic E-state index is 0.317. The minimum atomic E-state index is 0.317. The number of nitrogens with one attached hydrogen (secondary N) is 2. The van der Waals surface area contributed by atoms with Crippen molar-refractivity contribution in [3.63, 3.8) is 0 Å². The first kappa shape index (κ1) is 14.6. The summed E-state index contributed by atoms with van der Waals surface area (Å²) in [4.78, 5) is 7.64. The van der Waals surface area contributed by atoms with Gasteiger partial charge in [-0.05, 0) is 29.8 Å². The molecule has 3 heterocycles. The second-order valence-electron chi connectivity index (χ2n) is 5.78. The average Bonchev–Trinajstić information content (AvgIpc) is 3.06. The predicted octanol–water partition coefficient (Wildman–Crippen LogP) is 2.72. The molecule has 1 aliphatic rings. The summed E-state index contributed by atoms with van der Waals surface area (Å²) >= 11 is 0. The van der Waals surface area contributed by atoms with Crippen molar-refractivity contribution >= 4 is 34.2 Å². The first-order chi connectivity index (χ1) is 12.9. The second-order valence-corrected chi connectivity index (χ2v) is 5.78. The second kappa shape index (κ2) is 5.99. The van der Waals surface area contributed by atoms with Crippen molar-refractivity contribution in [3.05, 3.63) is 48.0 Å². The highest BCUT2D eigenvalue weighted by atomic mass is 16.6. The van der Waals surface area contributed by atoms with Gasteiger partial charge in [0, 0.05) is 10.9 Å². The van der Waals surface area contributed by atoms with Crippen LogP contribution >= 0.6 is 0 Å². The standard InChI is InChI=1S/C18H14N6O2/c1-2-4-13-12(3-1)16-17(20-13)21-18(24-22-16)23-19-10-11-5-6-14-15(9-11)26-8-7-25-14/h1-6,9-10H,7-8H2,(H2,20,21,23,24)/b19-10+. The molecule has 0 fully saturated rings. The largest absolute Gasteiger partial charge is 0.486 e. The maximum atomic E-state index is 5.56. The number of rotatable bonds is 3. The molecular weight excluding hydrogens is 332 g/mol. The van der Waals surface area contributed by atoms with E-state index < -0.39 is 0 Å². The van der Waals surface area contributed by atoms with E-state index in [4.69, 9.17) is 9.47 Å². The molecule has 0 atom stereocenters. The summed E-state index contributed by atoms with van der Waals surface area (Å²) in [6.07, 6.45) is 1.66. The summed E-state index contributed by atoms with van der Waals surface area (Å²) in [5.74, 6) is 1.79. The van der Waals surface area contributed by atoms with E-state index in [0.29, 0.717) is 24.8 Å². The van der Waals surface area contributed by atoms with Crippen LogP contribution in [0.15, 0.2) is 47.6 Å². The molecule has 0 saturated heterocycles.